The predicted molar refractivity (Wildman–Crippen MR) is 75.2 cm³/mol. The maximum atomic E-state index is 11.1. The van der Waals surface area contributed by atoms with Gasteiger partial charge in [0.15, 0.2) is 0 Å². The molecule has 0 unspecified atom stereocenters. The van der Waals surface area contributed by atoms with Gasteiger partial charge in [-0.2, -0.15) is 0 Å². The number of carbonyl (C=O) groups is 1. The highest BCUT2D eigenvalue weighted by Crippen LogP contribution is 2.27. The van der Waals surface area contributed by atoms with Crippen LogP contribution in [0.3, 0.4) is 0 Å². The third-order valence-corrected chi connectivity index (χ3v) is 3.52. The molecule has 0 saturated carbocycles. The van der Waals surface area contributed by atoms with Crippen LogP contribution in [0.1, 0.15) is 30.0 Å². The molecule has 0 saturated heterocycles. The van der Waals surface area contributed by atoms with E-state index in [-0.39, 0.29) is 5.78 Å². The molecule has 1 aromatic carbocycles. The molecule has 2 aromatic rings. The molecule has 3 heteroatoms. The monoisotopic (exact) mass is 261 g/mol. The zero-order chi connectivity index (χ0) is 13.3. The molecule has 0 aliphatic heterocycles. The molecular weight excluding hydrogens is 246 g/mol. The van der Waals surface area contributed by atoms with E-state index in [1.807, 2.05) is 19.1 Å². The number of Topliss-reactive ketones (excluding diaryl/α,β-unsaturated/α-hetero) is 1. The minimum absolute atomic E-state index is 0.176. The van der Waals surface area contributed by atoms with E-state index in [1.54, 1.807) is 6.92 Å². The molecule has 2 nitrogen and oxygen atoms in total. The summed E-state index contributed by atoms with van der Waals surface area (Å²) in [4.78, 5) is 15.5. The van der Waals surface area contributed by atoms with Gasteiger partial charge in [-0.3, -0.25) is 0 Å². The lowest BCUT2D eigenvalue weighted by atomic mass is 9.99. The quantitative estimate of drug-likeness (QED) is 0.781. The molecule has 0 radical (unpaired) electrons. The zero-order valence-electron chi connectivity index (χ0n) is 10.9. The number of hydrogen-bond acceptors (Lipinski definition) is 2. The molecule has 0 amide bonds. The Labute approximate surface area is 112 Å². The molecule has 18 heavy (non-hydrogen) atoms. The topological polar surface area (TPSA) is 30.0 Å². The Morgan fingerprint density at radius 3 is 2.72 bits per heavy atom. The van der Waals surface area contributed by atoms with Gasteiger partial charge in [-0.05, 0) is 50.5 Å². The van der Waals surface area contributed by atoms with Gasteiger partial charge >= 0.3 is 0 Å². The average Bonchev–Trinajstić information content (AvgIpc) is 2.30. The summed E-state index contributed by atoms with van der Waals surface area (Å²) >= 11 is 6.21. The summed E-state index contributed by atoms with van der Waals surface area (Å²) in [5, 5.41) is 1.64. The van der Waals surface area contributed by atoms with Crippen molar-refractivity contribution in [2.75, 3.05) is 0 Å². The molecule has 94 valence electrons. The first-order valence-corrected chi connectivity index (χ1v) is 6.41. The van der Waals surface area contributed by atoms with Crippen molar-refractivity contribution >= 4 is 28.3 Å². The Balaban J connectivity index is 2.56. The van der Waals surface area contributed by atoms with Crippen molar-refractivity contribution in [2.45, 2.75) is 33.6 Å². The number of fused-ring (bicyclic) bond motifs is 1. The lowest BCUT2D eigenvalue weighted by molar-refractivity contribution is -0.116. The third-order valence-electron chi connectivity index (χ3n) is 3.20. The second-order valence-corrected chi connectivity index (χ2v) is 5.09. The maximum absolute atomic E-state index is 11.1. The normalized spacial score (nSPS) is 10.9. The van der Waals surface area contributed by atoms with Crippen LogP contribution in [0, 0.1) is 13.8 Å². The van der Waals surface area contributed by atoms with Gasteiger partial charge in [0.2, 0.25) is 0 Å². The van der Waals surface area contributed by atoms with E-state index in [0.717, 1.165) is 22.0 Å². The Kier molecular flexibility index (Phi) is 3.67. The smallest absolute Gasteiger partial charge is 0.133 e. The molecule has 0 fully saturated rings. The first-order chi connectivity index (χ1) is 8.49. The number of nitrogens with zero attached hydrogens (tertiary/aromatic N) is 1. The van der Waals surface area contributed by atoms with Crippen molar-refractivity contribution in [1.82, 2.24) is 4.98 Å². The Morgan fingerprint density at radius 1 is 1.33 bits per heavy atom. The van der Waals surface area contributed by atoms with Gasteiger partial charge < -0.3 is 4.79 Å². The Hall–Kier alpha value is -1.41. The highest BCUT2D eigenvalue weighted by molar-refractivity contribution is 6.30. The summed E-state index contributed by atoms with van der Waals surface area (Å²) in [6, 6.07) is 6.13. The van der Waals surface area contributed by atoms with Crippen LogP contribution in [-0.4, -0.2) is 10.8 Å². The van der Waals surface area contributed by atoms with Gasteiger partial charge in [0.1, 0.15) is 10.9 Å². The summed E-state index contributed by atoms with van der Waals surface area (Å²) in [7, 11) is 0. The number of benzene rings is 1. The number of pyridine rings is 1. The lowest BCUT2D eigenvalue weighted by Crippen LogP contribution is -2.00. The largest absolute Gasteiger partial charge is 0.300 e. The average molecular weight is 262 g/mol. The number of halogens is 1. The van der Waals surface area contributed by atoms with Gasteiger partial charge in [0.05, 0.1) is 5.52 Å². The van der Waals surface area contributed by atoms with Crippen molar-refractivity contribution in [3.63, 3.8) is 0 Å². The first-order valence-electron chi connectivity index (χ1n) is 6.04. The van der Waals surface area contributed by atoms with Crippen LogP contribution in [0.15, 0.2) is 18.2 Å². The fraction of sp³-hybridized carbons (Fsp3) is 0.333. The number of aromatic nitrogens is 1. The fourth-order valence-electron chi connectivity index (χ4n) is 2.13. The maximum Gasteiger partial charge on any atom is 0.133 e. The van der Waals surface area contributed by atoms with E-state index < -0.39 is 0 Å². The third kappa shape index (κ3) is 2.54. The second kappa shape index (κ2) is 5.07. The summed E-state index contributed by atoms with van der Waals surface area (Å²) in [6.45, 7) is 5.70. The molecule has 0 atom stereocenters. The number of aryl methyl sites for hydroxylation is 2. The van der Waals surface area contributed by atoms with Crippen molar-refractivity contribution in [2.24, 2.45) is 0 Å². The van der Waals surface area contributed by atoms with Gasteiger partial charge in [-0.15, -0.1) is 0 Å². The van der Waals surface area contributed by atoms with Crippen LogP contribution in [0.25, 0.3) is 10.9 Å². The molecule has 0 aliphatic carbocycles. The van der Waals surface area contributed by atoms with Crippen molar-refractivity contribution in [1.29, 1.82) is 0 Å². The zero-order valence-corrected chi connectivity index (χ0v) is 11.6. The van der Waals surface area contributed by atoms with Gasteiger partial charge in [0, 0.05) is 11.8 Å². The molecule has 0 N–H and O–H groups in total. The van der Waals surface area contributed by atoms with Gasteiger partial charge in [0.25, 0.3) is 0 Å². The first kappa shape index (κ1) is 13.0. The molecule has 0 spiro atoms. The van der Waals surface area contributed by atoms with E-state index in [9.17, 15) is 4.79 Å². The van der Waals surface area contributed by atoms with Gasteiger partial charge in [-0.25, -0.2) is 4.98 Å². The summed E-state index contributed by atoms with van der Waals surface area (Å²) < 4.78 is 0. The number of ketones is 1. The lowest BCUT2D eigenvalue weighted by Gasteiger charge is -2.11. The van der Waals surface area contributed by atoms with E-state index in [2.05, 4.69) is 18.0 Å². The standard InChI is InChI=1S/C15H16ClNO/c1-9-4-7-14-13(8-9)11(3)12(15(16)17-14)6-5-10(2)18/h4,7-8H,5-6H2,1-3H3. The number of carbonyl (C=O) groups excluding carboxylic acids is 1. The summed E-state index contributed by atoms with van der Waals surface area (Å²) in [6.07, 6.45) is 1.18. The molecular formula is C15H16ClNO. The van der Waals surface area contributed by atoms with E-state index in [1.165, 1.54) is 5.56 Å². The molecule has 0 aliphatic rings. The van der Waals surface area contributed by atoms with Crippen molar-refractivity contribution in [3.05, 3.63) is 40.0 Å². The summed E-state index contributed by atoms with van der Waals surface area (Å²) in [5.74, 6) is 0.176. The van der Waals surface area contributed by atoms with Crippen LogP contribution in [0.4, 0.5) is 0 Å². The van der Waals surface area contributed by atoms with Crippen LogP contribution >= 0.6 is 11.6 Å². The second-order valence-electron chi connectivity index (χ2n) is 4.73. The summed E-state index contributed by atoms with van der Waals surface area (Å²) in [5.41, 5.74) is 4.24. The van der Waals surface area contributed by atoms with Crippen LogP contribution in [0.5, 0.6) is 0 Å². The van der Waals surface area contributed by atoms with Crippen molar-refractivity contribution in [3.8, 4) is 0 Å². The SMILES string of the molecule is CC(=O)CCc1c(Cl)nc2ccc(C)cc2c1C. The van der Waals surface area contributed by atoms with Crippen LogP contribution < -0.4 is 0 Å². The Morgan fingerprint density at radius 2 is 2.06 bits per heavy atom. The molecule has 0 bridgehead atoms. The molecule has 1 heterocycles. The van der Waals surface area contributed by atoms with Crippen molar-refractivity contribution < 1.29 is 4.79 Å². The van der Waals surface area contributed by atoms with E-state index in [0.29, 0.717) is 18.0 Å². The molecule has 1 aromatic heterocycles. The minimum Gasteiger partial charge on any atom is -0.300 e. The van der Waals surface area contributed by atoms with E-state index >= 15 is 0 Å². The highest BCUT2D eigenvalue weighted by atomic mass is 35.5. The van der Waals surface area contributed by atoms with E-state index in [4.69, 9.17) is 11.6 Å². The highest BCUT2D eigenvalue weighted by Gasteiger charge is 2.11. The van der Waals surface area contributed by atoms with Crippen LogP contribution in [-0.2, 0) is 11.2 Å². The number of hydrogen-bond donors (Lipinski definition) is 0. The molecule has 2 rings (SSSR count). The van der Waals surface area contributed by atoms with Gasteiger partial charge in [-0.1, -0.05) is 23.2 Å². The predicted octanol–water partition coefficient (Wildman–Crippen LogP) is 4.03. The minimum atomic E-state index is 0.176. The Bertz CT molecular complexity index is 619. The number of rotatable bonds is 3. The van der Waals surface area contributed by atoms with Crippen LogP contribution in [0.2, 0.25) is 5.15 Å². The fourth-order valence-corrected chi connectivity index (χ4v) is 2.46.